The molecule has 0 aromatic heterocycles. The van der Waals surface area contributed by atoms with Gasteiger partial charge in [0.1, 0.15) is 0 Å². The molecule has 1 rings (SSSR count). The topological polar surface area (TPSA) is 75.6 Å². The van der Waals surface area contributed by atoms with Crippen molar-refractivity contribution in [2.75, 3.05) is 0 Å². The Labute approximate surface area is 144 Å². The standard InChI is InChI=1S/C17H25NO4Se/c1-12-7-5-6-8-14(12)23-11-13(9-10-15(19)20)18-16(21)22-17(2,3)4/h5-8,13H,9-11H2,1-4H3,(H,18,21)(H,19,20)/t13-/m0/s1. The van der Waals surface area contributed by atoms with E-state index in [4.69, 9.17) is 9.84 Å². The molecule has 1 aromatic rings. The van der Waals surface area contributed by atoms with Crippen LogP contribution in [0.5, 0.6) is 0 Å². The number of carboxylic acid groups (broad SMARTS) is 1. The number of ether oxygens (including phenoxy) is 1. The Morgan fingerprint density at radius 3 is 2.52 bits per heavy atom. The van der Waals surface area contributed by atoms with Crippen LogP contribution >= 0.6 is 0 Å². The molecule has 0 heterocycles. The first kappa shape index (κ1) is 19.5. The minimum atomic E-state index is -0.857. The molecule has 2 N–H and O–H groups in total. The predicted octanol–water partition coefficient (Wildman–Crippen LogP) is 2.50. The van der Waals surface area contributed by atoms with E-state index in [0.29, 0.717) is 6.42 Å². The van der Waals surface area contributed by atoms with Crippen molar-refractivity contribution < 1.29 is 19.4 Å². The van der Waals surface area contributed by atoms with Gasteiger partial charge in [-0.2, -0.15) is 0 Å². The summed E-state index contributed by atoms with van der Waals surface area (Å²) in [7, 11) is 0. The number of hydrogen-bond donors (Lipinski definition) is 2. The zero-order valence-electron chi connectivity index (χ0n) is 14.1. The zero-order chi connectivity index (χ0) is 17.5. The van der Waals surface area contributed by atoms with Crippen molar-refractivity contribution in [3.05, 3.63) is 29.8 Å². The van der Waals surface area contributed by atoms with Crippen LogP contribution in [0, 0.1) is 6.92 Å². The average molecular weight is 386 g/mol. The van der Waals surface area contributed by atoms with Gasteiger partial charge in [0.15, 0.2) is 0 Å². The van der Waals surface area contributed by atoms with Gasteiger partial charge in [-0.05, 0) is 0 Å². The van der Waals surface area contributed by atoms with Crippen LogP contribution in [0.25, 0.3) is 0 Å². The van der Waals surface area contributed by atoms with Crippen LogP contribution in [0.4, 0.5) is 4.79 Å². The van der Waals surface area contributed by atoms with Gasteiger partial charge in [0.2, 0.25) is 0 Å². The van der Waals surface area contributed by atoms with Gasteiger partial charge in [-0.15, -0.1) is 0 Å². The van der Waals surface area contributed by atoms with Gasteiger partial charge in [-0.1, -0.05) is 0 Å². The fourth-order valence-corrected chi connectivity index (χ4v) is 4.19. The van der Waals surface area contributed by atoms with E-state index < -0.39 is 17.7 Å². The van der Waals surface area contributed by atoms with E-state index in [2.05, 4.69) is 24.4 Å². The first-order valence-electron chi connectivity index (χ1n) is 7.57. The summed E-state index contributed by atoms with van der Waals surface area (Å²) in [5.74, 6) is -0.857. The number of carbonyl (C=O) groups excluding carboxylic acids is 1. The SMILES string of the molecule is Cc1ccccc1[Se]C[C@H](CCC(=O)O)NC(=O)OC(C)(C)C. The fraction of sp³-hybridized carbons (Fsp3) is 0.529. The van der Waals surface area contributed by atoms with E-state index >= 15 is 0 Å². The first-order chi connectivity index (χ1) is 10.7. The molecule has 5 nitrogen and oxygen atoms in total. The summed E-state index contributed by atoms with van der Waals surface area (Å²) in [6, 6.07) is 7.94. The third-order valence-corrected chi connectivity index (χ3v) is 5.77. The summed E-state index contributed by atoms with van der Waals surface area (Å²) in [5.41, 5.74) is 0.657. The van der Waals surface area contributed by atoms with E-state index in [1.54, 1.807) is 20.8 Å². The first-order valence-corrected chi connectivity index (χ1v) is 9.64. The van der Waals surface area contributed by atoms with Crippen LogP contribution in [-0.2, 0) is 9.53 Å². The van der Waals surface area contributed by atoms with Gasteiger partial charge in [0, 0.05) is 0 Å². The molecule has 23 heavy (non-hydrogen) atoms. The van der Waals surface area contributed by atoms with E-state index in [-0.39, 0.29) is 27.4 Å². The summed E-state index contributed by atoms with van der Waals surface area (Å²) in [6.45, 7) is 7.47. The molecule has 6 heteroatoms. The van der Waals surface area contributed by atoms with Crippen LogP contribution in [-0.4, -0.2) is 43.8 Å². The second-order valence-electron chi connectivity index (χ2n) is 6.35. The number of benzene rings is 1. The van der Waals surface area contributed by atoms with Crippen LogP contribution < -0.4 is 9.78 Å². The molecule has 0 aliphatic rings. The van der Waals surface area contributed by atoms with Gasteiger partial charge in [-0.3, -0.25) is 0 Å². The molecular weight excluding hydrogens is 361 g/mol. The predicted molar refractivity (Wildman–Crippen MR) is 91.4 cm³/mol. The second kappa shape index (κ2) is 8.94. The Kier molecular flexibility index (Phi) is 7.59. The summed E-state index contributed by atoms with van der Waals surface area (Å²) < 4.78 is 6.53. The molecule has 1 aromatic carbocycles. The second-order valence-corrected chi connectivity index (χ2v) is 8.58. The van der Waals surface area contributed by atoms with Gasteiger partial charge in [0.25, 0.3) is 0 Å². The molecule has 0 radical (unpaired) electrons. The molecule has 0 bridgehead atoms. The van der Waals surface area contributed by atoms with Crippen LogP contribution in [0.2, 0.25) is 5.32 Å². The molecule has 1 amide bonds. The summed E-state index contributed by atoms with van der Waals surface area (Å²) >= 11 is 0.170. The Balaban J connectivity index is 2.63. The fourth-order valence-electron chi connectivity index (χ4n) is 1.88. The Morgan fingerprint density at radius 2 is 1.96 bits per heavy atom. The zero-order valence-corrected chi connectivity index (χ0v) is 15.8. The third-order valence-electron chi connectivity index (χ3n) is 2.96. The van der Waals surface area contributed by atoms with E-state index in [1.165, 1.54) is 10.0 Å². The molecule has 1 atom stereocenters. The molecule has 128 valence electrons. The van der Waals surface area contributed by atoms with E-state index in [9.17, 15) is 9.59 Å². The molecule has 0 fully saturated rings. The average Bonchev–Trinajstić information content (AvgIpc) is 2.41. The maximum absolute atomic E-state index is 11.9. The van der Waals surface area contributed by atoms with Gasteiger partial charge < -0.3 is 0 Å². The van der Waals surface area contributed by atoms with Gasteiger partial charge in [0.05, 0.1) is 0 Å². The maximum atomic E-state index is 11.9. The Hall–Kier alpha value is -1.52. The van der Waals surface area contributed by atoms with Crippen molar-refractivity contribution in [1.29, 1.82) is 0 Å². The Bertz CT molecular complexity index is 540. The molecule has 0 spiro atoms. The minimum absolute atomic E-state index is 0.0321. The van der Waals surface area contributed by atoms with Crippen molar-refractivity contribution in [1.82, 2.24) is 5.32 Å². The summed E-state index contributed by atoms with van der Waals surface area (Å²) in [6.07, 6.45) is -0.0551. The normalized spacial score (nSPS) is 12.5. The molecular formula is C17H25NO4Se. The van der Waals surface area contributed by atoms with Crippen LogP contribution in [0.1, 0.15) is 39.2 Å². The van der Waals surface area contributed by atoms with Gasteiger partial charge >= 0.3 is 144 Å². The summed E-state index contributed by atoms with van der Waals surface area (Å²) in [4.78, 5) is 22.7. The Morgan fingerprint density at radius 1 is 1.30 bits per heavy atom. The van der Waals surface area contributed by atoms with E-state index in [1.807, 2.05) is 12.1 Å². The van der Waals surface area contributed by atoms with Gasteiger partial charge in [-0.25, -0.2) is 0 Å². The number of alkyl carbamates (subject to hydrolysis) is 1. The number of aliphatic carboxylic acids is 1. The van der Waals surface area contributed by atoms with Crippen LogP contribution in [0.15, 0.2) is 24.3 Å². The van der Waals surface area contributed by atoms with Crippen LogP contribution in [0.3, 0.4) is 0 Å². The van der Waals surface area contributed by atoms with Crippen molar-refractivity contribution in [2.24, 2.45) is 0 Å². The number of aryl methyl sites for hydroxylation is 1. The summed E-state index contributed by atoms with van der Waals surface area (Å²) in [5, 5.41) is 12.4. The molecule has 0 saturated carbocycles. The third kappa shape index (κ3) is 8.62. The molecule has 0 saturated heterocycles. The van der Waals surface area contributed by atoms with Crippen molar-refractivity contribution >= 4 is 31.5 Å². The number of carboxylic acids is 1. The number of carbonyl (C=O) groups is 2. The van der Waals surface area contributed by atoms with Crippen molar-refractivity contribution in [2.45, 2.75) is 57.5 Å². The number of amides is 1. The molecule has 0 unspecified atom stereocenters. The van der Waals surface area contributed by atoms with Crippen molar-refractivity contribution in [3.63, 3.8) is 0 Å². The number of nitrogens with one attached hydrogen (secondary N) is 1. The van der Waals surface area contributed by atoms with E-state index in [0.717, 1.165) is 5.32 Å². The van der Waals surface area contributed by atoms with Crippen molar-refractivity contribution in [3.8, 4) is 0 Å². The monoisotopic (exact) mass is 387 g/mol. The number of hydrogen-bond acceptors (Lipinski definition) is 3. The molecule has 0 aliphatic carbocycles. The molecule has 0 aliphatic heterocycles. The number of rotatable bonds is 7. The quantitative estimate of drug-likeness (QED) is 0.706.